The summed E-state index contributed by atoms with van der Waals surface area (Å²) < 4.78 is 33.7. The molecule has 0 saturated heterocycles. The first-order chi connectivity index (χ1) is 18.7. The van der Waals surface area contributed by atoms with E-state index in [0.717, 1.165) is 61.9 Å². The van der Waals surface area contributed by atoms with Gasteiger partial charge in [0.05, 0.1) is 11.4 Å². The summed E-state index contributed by atoms with van der Waals surface area (Å²) in [5.74, 6) is 1.89. The molecule has 0 bridgehead atoms. The SMILES string of the molecule is CCCCC1=NC2(CCCC2)C(=O)N1Cc1ccc(-c2ccccc2S(=O)(=O)N(C)c2noc(C)c2C)cc1. The van der Waals surface area contributed by atoms with Gasteiger partial charge >= 0.3 is 0 Å². The predicted molar refractivity (Wildman–Crippen MR) is 152 cm³/mol. The molecule has 0 radical (unpaired) electrons. The Kier molecular flexibility index (Phi) is 7.37. The molecule has 206 valence electrons. The van der Waals surface area contributed by atoms with Crippen molar-refractivity contribution in [2.24, 2.45) is 4.99 Å². The number of carbonyl (C=O) groups excluding carboxylic acids is 1. The number of hydrogen-bond acceptors (Lipinski definition) is 6. The lowest BCUT2D eigenvalue weighted by Gasteiger charge is -2.23. The third kappa shape index (κ3) is 4.88. The minimum atomic E-state index is -3.90. The lowest BCUT2D eigenvalue weighted by Crippen LogP contribution is -2.40. The fraction of sp³-hybridized carbons (Fsp3) is 0.433. The van der Waals surface area contributed by atoms with Gasteiger partial charge in [-0.1, -0.05) is 73.8 Å². The van der Waals surface area contributed by atoms with Crippen LogP contribution in [0, 0.1) is 13.8 Å². The fourth-order valence-electron chi connectivity index (χ4n) is 5.56. The summed E-state index contributed by atoms with van der Waals surface area (Å²) in [5, 5.41) is 3.96. The molecular weight excluding hydrogens is 512 g/mol. The molecule has 1 aromatic heterocycles. The van der Waals surface area contributed by atoms with Gasteiger partial charge in [-0.15, -0.1) is 0 Å². The summed E-state index contributed by atoms with van der Waals surface area (Å²) in [6.45, 7) is 6.16. The molecule has 1 aliphatic heterocycles. The molecule has 1 spiro atoms. The van der Waals surface area contributed by atoms with Gasteiger partial charge in [0, 0.05) is 24.6 Å². The third-order valence-electron chi connectivity index (χ3n) is 8.04. The number of unbranched alkanes of at least 4 members (excludes halogenated alkanes) is 1. The lowest BCUT2D eigenvalue weighted by atomic mass is 9.98. The molecular formula is C30H36N4O4S. The van der Waals surface area contributed by atoms with E-state index in [4.69, 9.17) is 9.52 Å². The summed E-state index contributed by atoms with van der Waals surface area (Å²) in [4.78, 5) is 20.5. The average molecular weight is 549 g/mol. The highest BCUT2D eigenvalue weighted by Crippen LogP contribution is 2.40. The first kappa shape index (κ1) is 27.1. The van der Waals surface area contributed by atoms with Crippen molar-refractivity contribution in [1.29, 1.82) is 0 Å². The van der Waals surface area contributed by atoms with Gasteiger partial charge in [-0.05, 0) is 50.3 Å². The van der Waals surface area contributed by atoms with Gasteiger partial charge in [-0.3, -0.25) is 14.7 Å². The van der Waals surface area contributed by atoms with Crippen molar-refractivity contribution in [2.45, 2.75) is 82.7 Å². The Morgan fingerprint density at radius 2 is 1.74 bits per heavy atom. The van der Waals surface area contributed by atoms with Gasteiger partial charge in [-0.2, -0.15) is 0 Å². The van der Waals surface area contributed by atoms with E-state index < -0.39 is 15.6 Å². The molecule has 5 rings (SSSR count). The van der Waals surface area contributed by atoms with Crippen molar-refractivity contribution in [3.05, 3.63) is 65.4 Å². The Hall–Kier alpha value is -3.46. The summed E-state index contributed by atoms with van der Waals surface area (Å²) in [6.07, 6.45) is 6.64. The van der Waals surface area contributed by atoms with Crippen LogP contribution in [0.15, 0.2) is 62.9 Å². The number of amides is 1. The van der Waals surface area contributed by atoms with Crippen molar-refractivity contribution >= 4 is 27.6 Å². The van der Waals surface area contributed by atoms with Crippen LogP contribution < -0.4 is 4.31 Å². The monoisotopic (exact) mass is 548 g/mol. The normalized spacial score (nSPS) is 16.8. The highest BCUT2D eigenvalue weighted by Gasteiger charge is 2.49. The van der Waals surface area contributed by atoms with E-state index >= 15 is 0 Å². The molecule has 39 heavy (non-hydrogen) atoms. The molecule has 2 aliphatic rings. The number of anilines is 1. The number of benzene rings is 2. The van der Waals surface area contributed by atoms with Gasteiger partial charge in [0.2, 0.25) is 0 Å². The van der Waals surface area contributed by atoms with Gasteiger partial charge < -0.3 is 4.52 Å². The second kappa shape index (κ2) is 10.6. The predicted octanol–water partition coefficient (Wildman–Crippen LogP) is 6.03. The maximum atomic E-state index is 13.7. The molecule has 3 aromatic rings. The number of carbonyl (C=O) groups is 1. The van der Waals surface area contributed by atoms with Crippen LogP contribution in [0.25, 0.3) is 11.1 Å². The van der Waals surface area contributed by atoms with Crippen LogP contribution in [0.5, 0.6) is 0 Å². The van der Waals surface area contributed by atoms with E-state index in [2.05, 4.69) is 12.1 Å². The molecule has 0 unspecified atom stereocenters. The van der Waals surface area contributed by atoms with Crippen molar-refractivity contribution in [3.63, 3.8) is 0 Å². The summed E-state index contributed by atoms with van der Waals surface area (Å²) in [5.41, 5.74) is 2.49. The van der Waals surface area contributed by atoms with Crippen molar-refractivity contribution in [2.75, 3.05) is 11.4 Å². The minimum Gasteiger partial charge on any atom is -0.359 e. The maximum Gasteiger partial charge on any atom is 0.265 e. The van der Waals surface area contributed by atoms with Crippen LogP contribution in [0.4, 0.5) is 5.82 Å². The topological polar surface area (TPSA) is 96.1 Å². The first-order valence-electron chi connectivity index (χ1n) is 13.7. The van der Waals surface area contributed by atoms with Crippen LogP contribution >= 0.6 is 0 Å². The Balaban J connectivity index is 1.41. The lowest BCUT2D eigenvalue weighted by molar-refractivity contribution is -0.131. The Morgan fingerprint density at radius 1 is 1.05 bits per heavy atom. The minimum absolute atomic E-state index is 0.132. The van der Waals surface area contributed by atoms with Crippen LogP contribution in [-0.2, 0) is 21.4 Å². The molecule has 8 nitrogen and oxygen atoms in total. The van der Waals surface area contributed by atoms with Crippen molar-refractivity contribution in [3.8, 4) is 11.1 Å². The zero-order valence-electron chi connectivity index (χ0n) is 23.1. The number of sulfonamides is 1. The van der Waals surface area contributed by atoms with Crippen LogP contribution in [-0.4, -0.2) is 42.8 Å². The average Bonchev–Trinajstić information content (AvgIpc) is 3.62. The highest BCUT2D eigenvalue weighted by atomic mass is 32.2. The standard InChI is InChI=1S/C30H36N4O4S/c1-5-6-13-27-31-30(18-9-10-19-30)29(35)34(27)20-23-14-16-24(17-15-23)25-11-7-8-12-26(25)39(36,37)33(4)28-21(2)22(3)38-32-28/h7-8,11-12,14-17H,5-6,9-10,13,18-20H2,1-4H3. The van der Waals surface area contributed by atoms with Gasteiger partial charge in [0.25, 0.3) is 15.9 Å². The molecule has 2 aromatic carbocycles. The van der Waals surface area contributed by atoms with Gasteiger partial charge in [-0.25, -0.2) is 12.7 Å². The number of aryl methyl sites for hydroxylation is 1. The van der Waals surface area contributed by atoms with Crippen molar-refractivity contribution in [1.82, 2.24) is 10.1 Å². The highest BCUT2D eigenvalue weighted by molar-refractivity contribution is 7.93. The largest absolute Gasteiger partial charge is 0.359 e. The summed E-state index contributed by atoms with van der Waals surface area (Å²) in [6, 6.07) is 14.7. The number of hydrogen-bond donors (Lipinski definition) is 0. The number of aliphatic imine (C=N–C) groups is 1. The van der Waals surface area contributed by atoms with E-state index in [1.807, 2.05) is 35.2 Å². The zero-order chi connectivity index (χ0) is 27.8. The molecule has 9 heteroatoms. The number of rotatable bonds is 9. The van der Waals surface area contributed by atoms with Crippen LogP contribution in [0.2, 0.25) is 0 Å². The van der Waals surface area contributed by atoms with Gasteiger partial charge in [0.1, 0.15) is 17.1 Å². The second-order valence-electron chi connectivity index (χ2n) is 10.6. The number of amidine groups is 1. The second-order valence-corrected chi connectivity index (χ2v) is 12.6. The first-order valence-corrected chi connectivity index (χ1v) is 15.1. The molecule has 2 heterocycles. The molecule has 1 amide bonds. The summed E-state index contributed by atoms with van der Waals surface area (Å²) >= 11 is 0. The van der Waals surface area contributed by atoms with Crippen molar-refractivity contribution < 1.29 is 17.7 Å². The number of nitrogens with zero attached hydrogens (tertiary/aromatic N) is 4. The quantitative estimate of drug-likeness (QED) is 0.325. The Labute approximate surface area is 230 Å². The van der Waals surface area contributed by atoms with E-state index in [1.165, 1.54) is 11.4 Å². The Bertz CT molecular complexity index is 1500. The maximum absolute atomic E-state index is 13.7. The molecule has 0 atom stereocenters. The fourth-order valence-corrected chi connectivity index (χ4v) is 6.97. The zero-order valence-corrected chi connectivity index (χ0v) is 23.9. The van der Waals surface area contributed by atoms with E-state index in [-0.39, 0.29) is 16.6 Å². The van der Waals surface area contributed by atoms with E-state index in [1.54, 1.807) is 32.0 Å². The molecule has 1 fully saturated rings. The molecule has 0 N–H and O–H groups in total. The molecule has 1 aliphatic carbocycles. The van der Waals surface area contributed by atoms with E-state index in [9.17, 15) is 13.2 Å². The molecule has 1 saturated carbocycles. The third-order valence-corrected chi connectivity index (χ3v) is 9.85. The van der Waals surface area contributed by atoms with Crippen LogP contribution in [0.3, 0.4) is 0 Å². The summed E-state index contributed by atoms with van der Waals surface area (Å²) in [7, 11) is -2.42. The van der Waals surface area contributed by atoms with Crippen LogP contribution in [0.1, 0.15) is 68.8 Å². The van der Waals surface area contributed by atoms with E-state index in [0.29, 0.717) is 23.4 Å². The van der Waals surface area contributed by atoms with Gasteiger partial charge in [0.15, 0.2) is 5.82 Å². The smallest absolute Gasteiger partial charge is 0.265 e. The number of aromatic nitrogens is 1. The Morgan fingerprint density at radius 3 is 2.38 bits per heavy atom.